The van der Waals surface area contributed by atoms with Crippen LogP contribution in [-0.2, 0) is 0 Å². The molecule has 0 radical (unpaired) electrons. The SMILES string of the molecule is CC#CCN[C@H](N)N1CCNCC1. The van der Waals surface area contributed by atoms with Crippen LogP contribution in [-0.4, -0.2) is 43.9 Å². The minimum Gasteiger partial charge on any atom is -0.314 e. The molecule has 0 unspecified atom stereocenters. The summed E-state index contributed by atoms with van der Waals surface area (Å²) in [6.07, 6.45) is -0.0528. The van der Waals surface area contributed by atoms with Crippen LogP contribution in [0.25, 0.3) is 0 Å². The molecule has 0 bridgehead atoms. The van der Waals surface area contributed by atoms with Crippen molar-refractivity contribution in [3.63, 3.8) is 0 Å². The van der Waals surface area contributed by atoms with Gasteiger partial charge in [-0.2, -0.15) is 0 Å². The first-order valence-electron chi connectivity index (χ1n) is 4.68. The molecular formula is C9H18N4. The summed E-state index contributed by atoms with van der Waals surface area (Å²) in [7, 11) is 0. The summed E-state index contributed by atoms with van der Waals surface area (Å²) in [6, 6.07) is 0. The maximum absolute atomic E-state index is 5.91. The van der Waals surface area contributed by atoms with Gasteiger partial charge in [0.25, 0.3) is 0 Å². The molecule has 0 aromatic carbocycles. The molecule has 4 heteroatoms. The Morgan fingerprint density at radius 2 is 2.23 bits per heavy atom. The van der Waals surface area contributed by atoms with Crippen molar-refractivity contribution in [2.75, 3.05) is 32.7 Å². The van der Waals surface area contributed by atoms with Gasteiger partial charge in [-0.25, -0.2) is 0 Å². The van der Waals surface area contributed by atoms with Gasteiger partial charge in [0.05, 0.1) is 6.54 Å². The van der Waals surface area contributed by atoms with E-state index >= 15 is 0 Å². The molecule has 1 aliphatic heterocycles. The number of rotatable bonds is 3. The van der Waals surface area contributed by atoms with Crippen molar-refractivity contribution in [2.45, 2.75) is 13.2 Å². The van der Waals surface area contributed by atoms with Gasteiger partial charge in [0.1, 0.15) is 6.29 Å². The van der Waals surface area contributed by atoms with Crippen LogP contribution in [0.2, 0.25) is 0 Å². The van der Waals surface area contributed by atoms with E-state index in [1.807, 2.05) is 6.92 Å². The van der Waals surface area contributed by atoms with Gasteiger partial charge in [0.15, 0.2) is 0 Å². The van der Waals surface area contributed by atoms with Gasteiger partial charge < -0.3 is 11.1 Å². The van der Waals surface area contributed by atoms with E-state index in [0.29, 0.717) is 6.54 Å². The predicted octanol–water partition coefficient (Wildman–Crippen LogP) is -1.25. The van der Waals surface area contributed by atoms with Crippen molar-refractivity contribution in [3.05, 3.63) is 0 Å². The van der Waals surface area contributed by atoms with Gasteiger partial charge in [-0.05, 0) is 6.92 Å². The minimum atomic E-state index is -0.0528. The number of nitrogens with zero attached hydrogens (tertiary/aromatic N) is 1. The molecule has 0 amide bonds. The van der Waals surface area contributed by atoms with Crippen LogP contribution in [0.3, 0.4) is 0 Å². The third-order valence-corrected chi connectivity index (χ3v) is 2.12. The summed E-state index contributed by atoms with van der Waals surface area (Å²) >= 11 is 0. The fraction of sp³-hybridized carbons (Fsp3) is 0.778. The molecule has 0 aromatic rings. The van der Waals surface area contributed by atoms with E-state index in [0.717, 1.165) is 26.2 Å². The molecule has 1 atom stereocenters. The lowest BCUT2D eigenvalue weighted by atomic mass is 10.4. The highest BCUT2D eigenvalue weighted by Gasteiger charge is 2.14. The lowest BCUT2D eigenvalue weighted by Crippen LogP contribution is -2.57. The average Bonchev–Trinajstić information content (AvgIpc) is 2.19. The van der Waals surface area contributed by atoms with Gasteiger partial charge in [-0.1, -0.05) is 5.92 Å². The van der Waals surface area contributed by atoms with Crippen molar-refractivity contribution < 1.29 is 0 Å². The summed E-state index contributed by atoms with van der Waals surface area (Å²) in [5.74, 6) is 5.76. The zero-order valence-corrected chi connectivity index (χ0v) is 8.14. The number of piperazine rings is 1. The first-order valence-corrected chi connectivity index (χ1v) is 4.68. The summed E-state index contributed by atoms with van der Waals surface area (Å²) in [6.45, 7) is 6.56. The van der Waals surface area contributed by atoms with Crippen LogP contribution in [0.15, 0.2) is 0 Å². The Labute approximate surface area is 79.9 Å². The largest absolute Gasteiger partial charge is 0.314 e. The minimum absolute atomic E-state index is 0.0528. The second-order valence-electron chi connectivity index (χ2n) is 3.04. The topological polar surface area (TPSA) is 53.3 Å². The maximum Gasteiger partial charge on any atom is 0.112 e. The van der Waals surface area contributed by atoms with Crippen molar-refractivity contribution in [1.82, 2.24) is 15.5 Å². The number of hydrogen-bond acceptors (Lipinski definition) is 4. The summed E-state index contributed by atoms with van der Waals surface area (Å²) in [4.78, 5) is 2.22. The first-order chi connectivity index (χ1) is 6.34. The quantitative estimate of drug-likeness (QED) is 0.377. The molecule has 0 spiro atoms. The Kier molecular flexibility index (Phi) is 4.79. The second-order valence-corrected chi connectivity index (χ2v) is 3.04. The Morgan fingerprint density at radius 1 is 1.54 bits per heavy atom. The average molecular weight is 182 g/mol. The van der Waals surface area contributed by atoms with Gasteiger partial charge in [0.2, 0.25) is 0 Å². The number of nitrogens with two attached hydrogens (primary N) is 1. The highest BCUT2D eigenvalue weighted by molar-refractivity contribution is 4.97. The zero-order valence-electron chi connectivity index (χ0n) is 8.14. The monoisotopic (exact) mass is 182 g/mol. The Hall–Kier alpha value is -0.600. The van der Waals surface area contributed by atoms with Crippen molar-refractivity contribution in [3.8, 4) is 11.8 Å². The van der Waals surface area contributed by atoms with Crippen molar-refractivity contribution in [2.24, 2.45) is 5.73 Å². The van der Waals surface area contributed by atoms with E-state index in [9.17, 15) is 0 Å². The maximum atomic E-state index is 5.91. The number of hydrogen-bond donors (Lipinski definition) is 3. The van der Waals surface area contributed by atoms with E-state index in [1.165, 1.54) is 0 Å². The van der Waals surface area contributed by atoms with Crippen LogP contribution in [0.5, 0.6) is 0 Å². The number of nitrogens with one attached hydrogen (secondary N) is 2. The van der Waals surface area contributed by atoms with Crippen molar-refractivity contribution >= 4 is 0 Å². The van der Waals surface area contributed by atoms with E-state index in [2.05, 4.69) is 27.4 Å². The van der Waals surface area contributed by atoms with Gasteiger partial charge >= 0.3 is 0 Å². The van der Waals surface area contributed by atoms with Crippen LogP contribution < -0.4 is 16.4 Å². The smallest absolute Gasteiger partial charge is 0.112 e. The third-order valence-electron chi connectivity index (χ3n) is 2.12. The highest BCUT2D eigenvalue weighted by Crippen LogP contribution is 1.92. The first kappa shape index (κ1) is 10.5. The fourth-order valence-electron chi connectivity index (χ4n) is 1.33. The normalized spacial score (nSPS) is 20.5. The molecule has 4 N–H and O–H groups in total. The Bertz CT molecular complexity index is 188. The molecule has 13 heavy (non-hydrogen) atoms. The lowest BCUT2D eigenvalue weighted by Gasteiger charge is -2.32. The Balaban J connectivity index is 2.19. The summed E-state index contributed by atoms with van der Waals surface area (Å²) in [5, 5.41) is 6.44. The zero-order chi connectivity index (χ0) is 9.52. The molecule has 0 aromatic heterocycles. The predicted molar refractivity (Wildman–Crippen MR) is 53.9 cm³/mol. The molecule has 0 aliphatic carbocycles. The molecule has 1 saturated heterocycles. The van der Waals surface area contributed by atoms with Crippen LogP contribution >= 0.6 is 0 Å². The highest BCUT2D eigenvalue weighted by atomic mass is 15.4. The van der Waals surface area contributed by atoms with Crippen molar-refractivity contribution in [1.29, 1.82) is 0 Å². The van der Waals surface area contributed by atoms with E-state index in [4.69, 9.17) is 5.73 Å². The molecule has 1 rings (SSSR count). The molecule has 1 heterocycles. The third kappa shape index (κ3) is 3.75. The van der Waals surface area contributed by atoms with Crippen LogP contribution in [0.1, 0.15) is 6.92 Å². The van der Waals surface area contributed by atoms with E-state index in [1.54, 1.807) is 0 Å². The molecule has 4 nitrogen and oxygen atoms in total. The van der Waals surface area contributed by atoms with Crippen LogP contribution in [0, 0.1) is 11.8 Å². The molecule has 1 fully saturated rings. The Morgan fingerprint density at radius 3 is 2.85 bits per heavy atom. The fourth-order valence-corrected chi connectivity index (χ4v) is 1.33. The molecular weight excluding hydrogens is 164 g/mol. The van der Waals surface area contributed by atoms with Gasteiger partial charge in [-0.3, -0.25) is 10.2 Å². The standard InChI is InChI=1S/C9H18N4/c1-2-3-4-12-9(10)13-7-5-11-6-8-13/h9,11-12H,4-8,10H2,1H3/t9-/m0/s1. The second kappa shape index (κ2) is 5.95. The summed E-state index contributed by atoms with van der Waals surface area (Å²) < 4.78 is 0. The molecule has 1 aliphatic rings. The van der Waals surface area contributed by atoms with E-state index < -0.39 is 0 Å². The van der Waals surface area contributed by atoms with E-state index in [-0.39, 0.29) is 6.29 Å². The molecule has 74 valence electrons. The lowest BCUT2D eigenvalue weighted by molar-refractivity contribution is 0.153. The summed E-state index contributed by atoms with van der Waals surface area (Å²) in [5.41, 5.74) is 5.91. The van der Waals surface area contributed by atoms with Gasteiger partial charge in [0, 0.05) is 26.2 Å². The van der Waals surface area contributed by atoms with Crippen LogP contribution in [0.4, 0.5) is 0 Å². The van der Waals surface area contributed by atoms with Gasteiger partial charge in [-0.15, -0.1) is 5.92 Å². The molecule has 0 saturated carbocycles.